The summed E-state index contributed by atoms with van der Waals surface area (Å²) in [5.41, 5.74) is 0.238. The van der Waals surface area contributed by atoms with Crippen LogP contribution in [0.15, 0.2) is 18.2 Å². The highest BCUT2D eigenvalue weighted by Crippen LogP contribution is 2.21. The highest BCUT2D eigenvalue weighted by molar-refractivity contribution is 6.34. The Kier molecular flexibility index (Phi) is 4.77. The lowest BCUT2D eigenvalue weighted by atomic mass is 10.1. The molecule has 104 valence electrons. The van der Waals surface area contributed by atoms with Gasteiger partial charge in [0.15, 0.2) is 0 Å². The van der Waals surface area contributed by atoms with Crippen LogP contribution in [0, 0.1) is 5.82 Å². The molecule has 1 aromatic rings. The van der Waals surface area contributed by atoms with Gasteiger partial charge in [0.05, 0.1) is 10.6 Å². The van der Waals surface area contributed by atoms with Crippen LogP contribution in [0.3, 0.4) is 0 Å². The van der Waals surface area contributed by atoms with E-state index in [1.54, 1.807) is 11.0 Å². The molecule has 1 N–H and O–H groups in total. The predicted octanol–water partition coefficient (Wildman–Crippen LogP) is 2.69. The van der Waals surface area contributed by atoms with Crippen molar-refractivity contribution in [2.75, 3.05) is 19.6 Å². The molecule has 0 aliphatic carbocycles. The van der Waals surface area contributed by atoms with Gasteiger partial charge in [-0.3, -0.25) is 4.79 Å². The molecule has 1 fully saturated rings. The normalized spacial score (nSPS) is 18.6. The van der Waals surface area contributed by atoms with Crippen molar-refractivity contribution in [3.05, 3.63) is 34.6 Å². The first-order chi connectivity index (χ1) is 9.13. The van der Waals surface area contributed by atoms with Crippen molar-refractivity contribution in [1.29, 1.82) is 0 Å². The molecule has 1 saturated heterocycles. The fourth-order valence-corrected chi connectivity index (χ4v) is 2.58. The fourth-order valence-electron chi connectivity index (χ4n) is 2.37. The number of nitrogens with one attached hydrogen (secondary N) is 1. The van der Waals surface area contributed by atoms with Gasteiger partial charge in [-0.25, -0.2) is 4.39 Å². The number of likely N-dealkylation sites (N-methyl/N-ethyl adjacent to an activating group) is 1. The SMILES string of the molecule is CCN(CC1CCCN1)C(=O)c1cccc(F)c1Cl. The smallest absolute Gasteiger partial charge is 0.255 e. The van der Waals surface area contributed by atoms with E-state index in [4.69, 9.17) is 11.6 Å². The third-order valence-electron chi connectivity index (χ3n) is 3.45. The number of halogens is 2. The van der Waals surface area contributed by atoms with Gasteiger partial charge in [0.25, 0.3) is 5.91 Å². The zero-order valence-corrected chi connectivity index (χ0v) is 11.7. The highest BCUT2D eigenvalue weighted by atomic mass is 35.5. The molecule has 2 rings (SSSR count). The molecule has 0 bridgehead atoms. The number of benzene rings is 1. The van der Waals surface area contributed by atoms with Gasteiger partial charge >= 0.3 is 0 Å². The van der Waals surface area contributed by atoms with Gasteiger partial charge in [-0.2, -0.15) is 0 Å². The minimum Gasteiger partial charge on any atom is -0.337 e. The third kappa shape index (κ3) is 3.25. The Labute approximate surface area is 117 Å². The Morgan fingerprint density at radius 3 is 3.00 bits per heavy atom. The molecule has 0 radical (unpaired) electrons. The second-order valence-electron chi connectivity index (χ2n) is 4.74. The predicted molar refractivity (Wildman–Crippen MR) is 74.0 cm³/mol. The summed E-state index contributed by atoms with van der Waals surface area (Å²) < 4.78 is 13.4. The van der Waals surface area contributed by atoms with Crippen LogP contribution < -0.4 is 5.32 Å². The van der Waals surface area contributed by atoms with Crippen LogP contribution in [0.4, 0.5) is 4.39 Å². The minimum absolute atomic E-state index is 0.0923. The van der Waals surface area contributed by atoms with Crippen molar-refractivity contribution < 1.29 is 9.18 Å². The van der Waals surface area contributed by atoms with E-state index in [2.05, 4.69) is 5.32 Å². The van der Waals surface area contributed by atoms with Crippen molar-refractivity contribution in [2.24, 2.45) is 0 Å². The van der Waals surface area contributed by atoms with Gasteiger partial charge in [0.2, 0.25) is 0 Å². The second kappa shape index (κ2) is 6.35. The first-order valence-electron chi connectivity index (χ1n) is 6.60. The van der Waals surface area contributed by atoms with Gasteiger partial charge in [0, 0.05) is 19.1 Å². The number of nitrogens with zero attached hydrogens (tertiary/aromatic N) is 1. The summed E-state index contributed by atoms with van der Waals surface area (Å²) in [6, 6.07) is 4.67. The van der Waals surface area contributed by atoms with Crippen molar-refractivity contribution >= 4 is 17.5 Å². The van der Waals surface area contributed by atoms with Gasteiger partial charge in [0.1, 0.15) is 5.82 Å². The average molecular weight is 285 g/mol. The maximum absolute atomic E-state index is 13.4. The third-order valence-corrected chi connectivity index (χ3v) is 3.84. The van der Waals surface area contributed by atoms with E-state index in [9.17, 15) is 9.18 Å². The number of hydrogen-bond acceptors (Lipinski definition) is 2. The van der Waals surface area contributed by atoms with E-state index < -0.39 is 5.82 Å². The van der Waals surface area contributed by atoms with Gasteiger partial charge in [-0.05, 0) is 38.4 Å². The molecule has 1 aliphatic heterocycles. The highest BCUT2D eigenvalue weighted by Gasteiger charge is 2.23. The van der Waals surface area contributed by atoms with E-state index in [-0.39, 0.29) is 16.5 Å². The number of carbonyl (C=O) groups excluding carboxylic acids is 1. The minimum atomic E-state index is -0.553. The molecule has 5 heteroatoms. The lowest BCUT2D eigenvalue weighted by Gasteiger charge is -2.25. The molecular weight excluding hydrogens is 267 g/mol. The van der Waals surface area contributed by atoms with Crippen LogP contribution in [0.5, 0.6) is 0 Å². The zero-order valence-electron chi connectivity index (χ0n) is 11.0. The van der Waals surface area contributed by atoms with Crippen LogP contribution >= 0.6 is 11.6 Å². The fraction of sp³-hybridized carbons (Fsp3) is 0.500. The van der Waals surface area contributed by atoms with E-state index in [0.29, 0.717) is 19.1 Å². The van der Waals surface area contributed by atoms with E-state index in [1.165, 1.54) is 12.1 Å². The first kappa shape index (κ1) is 14.3. The molecule has 1 heterocycles. The van der Waals surface area contributed by atoms with Crippen LogP contribution in [0.25, 0.3) is 0 Å². The standard InChI is InChI=1S/C14H18ClFN2O/c1-2-18(9-10-5-4-8-17-10)14(19)11-6-3-7-12(16)13(11)15/h3,6-7,10,17H,2,4-5,8-9H2,1H3. The van der Waals surface area contributed by atoms with Gasteiger partial charge < -0.3 is 10.2 Å². The quantitative estimate of drug-likeness (QED) is 0.922. The van der Waals surface area contributed by atoms with Crippen molar-refractivity contribution in [3.8, 4) is 0 Å². The molecule has 0 spiro atoms. The summed E-state index contributed by atoms with van der Waals surface area (Å²) >= 11 is 5.87. The molecule has 0 saturated carbocycles. The summed E-state index contributed by atoms with van der Waals surface area (Å²) in [5.74, 6) is -0.761. The molecule has 1 aliphatic rings. The zero-order chi connectivity index (χ0) is 13.8. The van der Waals surface area contributed by atoms with E-state index >= 15 is 0 Å². The molecule has 0 aromatic heterocycles. The summed E-state index contributed by atoms with van der Waals surface area (Å²) in [6.07, 6.45) is 2.21. The van der Waals surface area contributed by atoms with Crippen LogP contribution in [0.2, 0.25) is 5.02 Å². The van der Waals surface area contributed by atoms with Gasteiger partial charge in [-0.1, -0.05) is 17.7 Å². The van der Waals surface area contributed by atoms with Crippen molar-refractivity contribution in [3.63, 3.8) is 0 Å². The molecule has 1 unspecified atom stereocenters. The van der Waals surface area contributed by atoms with E-state index in [0.717, 1.165) is 19.4 Å². The lowest BCUT2D eigenvalue weighted by Crippen LogP contribution is -2.41. The second-order valence-corrected chi connectivity index (χ2v) is 5.12. The maximum atomic E-state index is 13.4. The van der Waals surface area contributed by atoms with Crippen LogP contribution in [-0.4, -0.2) is 36.5 Å². The number of amides is 1. The number of rotatable bonds is 4. The summed E-state index contributed by atoms with van der Waals surface area (Å²) in [6.45, 7) is 4.14. The number of hydrogen-bond donors (Lipinski definition) is 1. The monoisotopic (exact) mass is 284 g/mol. The molecule has 19 heavy (non-hydrogen) atoms. The summed E-state index contributed by atoms with van der Waals surface area (Å²) in [5, 5.41) is 3.26. The van der Waals surface area contributed by atoms with Crippen molar-refractivity contribution in [1.82, 2.24) is 10.2 Å². The lowest BCUT2D eigenvalue weighted by molar-refractivity contribution is 0.0751. The molecule has 1 amide bonds. The van der Waals surface area contributed by atoms with E-state index in [1.807, 2.05) is 6.92 Å². The molecule has 3 nitrogen and oxygen atoms in total. The van der Waals surface area contributed by atoms with Gasteiger partial charge in [-0.15, -0.1) is 0 Å². The first-order valence-corrected chi connectivity index (χ1v) is 6.98. The summed E-state index contributed by atoms with van der Waals surface area (Å²) in [4.78, 5) is 14.1. The Hall–Kier alpha value is -1.13. The Morgan fingerprint density at radius 1 is 1.58 bits per heavy atom. The Balaban J connectivity index is 2.13. The van der Waals surface area contributed by atoms with Crippen LogP contribution in [0.1, 0.15) is 30.1 Å². The Bertz CT molecular complexity index is 461. The average Bonchev–Trinajstić information content (AvgIpc) is 2.91. The van der Waals surface area contributed by atoms with Crippen molar-refractivity contribution in [2.45, 2.75) is 25.8 Å². The maximum Gasteiger partial charge on any atom is 0.255 e. The van der Waals surface area contributed by atoms with Crippen LogP contribution in [-0.2, 0) is 0 Å². The Morgan fingerprint density at radius 2 is 2.37 bits per heavy atom. The molecule has 1 atom stereocenters. The topological polar surface area (TPSA) is 32.3 Å². The molecular formula is C14H18ClFN2O. The summed E-state index contributed by atoms with van der Waals surface area (Å²) in [7, 11) is 0. The molecule has 1 aromatic carbocycles. The largest absolute Gasteiger partial charge is 0.337 e. The number of carbonyl (C=O) groups is 1.